The van der Waals surface area contributed by atoms with Crippen LogP contribution in [0.2, 0.25) is 0 Å². The van der Waals surface area contributed by atoms with Crippen molar-refractivity contribution in [2.24, 2.45) is 22.5 Å². The molecular weight excluding hydrogens is 680 g/mol. The van der Waals surface area contributed by atoms with Crippen LogP contribution >= 0.6 is 0 Å². The Morgan fingerprint density at radius 3 is 2.53 bits per heavy atom. The molecule has 14 heteroatoms. The lowest BCUT2D eigenvalue weighted by Gasteiger charge is -2.34. The molecule has 1 aliphatic heterocycles. The van der Waals surface area contributed by atoms with E-state index in [9.17, 15) is 14.4 Å². The molecule has 1 aromatic carbocycles. The van der Waals surface area contributed by atoms with Crippen LogP contribution in [-0.2, 0) is 19.1 Å². The second-order valence-corrected chi connectivity index (χ2v) is 16.3. The largest absolute Gasteiger partial charge is 0.491 e. The minimum absolute atomic E-state index is 0.0721. The van der Waals surface area contributed by atoms with E-state index >= 15 is 0 Å². The van der Waals surface area contributed by atoms with Gasteiger partial charge >= 0.3 is 6.09 Å². The van der Waals surface area contributed by atoms with Crippen LogP contribution in [0.25, 0.3) is 22.3 Å². The molecule has 2 aliphatic carbocycles. The maximum Gasteiger partial charge on any atom is 0.407 e. The highest BCUT2D eigenvalue weighted by molar-refractivity contribution is 5.93. The number of rotatable bonds is 14. The van der Waals surface area contributed by atoms with Gasteiger partial charge in [-0.15, -0.1) is 0 Å². The number of fused-ring (bicyclic) bond motifs is 1. The molecule has 2 saturated carbocycles. The molecule has 1 saturated heterocycles. The summed E-state index contributed by atoms with van der Waals surface area (Å²) in [7, 11) is 1.61. The van der Waals surface area contributed by atoms with E-state index in [-0.39, 0.29) is 19.0 Å². The summed E-state index contributed by atoms with van der Waals surface area (Å²) in [5.74, 6) is 0.386. The minimum Gasteiger partial charge on any atom is -0.491 e. The van der Waals surface area contributed by atoms with E-state index in [1.165, 1.54) is 30.4 Å². The third-order valence-electron chi connectivity index (χ3n) is 10.6. The number of oxazole rings is 1. The summed E-state index contributed by atoms with van der Waals surface area (Å²) in [4.78, 5) is 51.1. The summed E-state index contributed by atoms with van der Waals surface area (Å²) < 4.78 is 29.1. The number of anilines is 1. The lowest BCUT2D eigenvalue weighted by Crippen LogP contribution is -2.57. The van der Waals surface area contributed by atoms with Crippen molar-refractivity contribution in [2.45, 2.75) is 104 Å². The van der Waals surface area contributed by atoms with E-state index in [0.29, 0.717) is 71.0 Å². The number of hydrogen-bond acceptors (Lipinski definition) is 11. The van der Waals surface area contributed by atoms with E-state index in [0.717, 1.165) is 18.4 Å². The number of pyridine rings is 1. The van der Waals surface area contributed by atoms with Crippen molar-refractivity contribution in [3.8, 4) is 22.9 Å². The van der Waals surface area contributed by atoms with Gasteiger partial charge in [0, 0.05) is 36.6 Å². The van der Waals surface area contributed by atoms with Gasteiger partial charge in [0.25, 0.3) is 6.01 Å². The molecule has 14 nitrogen and oxygen atoms in total. The van der Waals surface area contributed by atoms with Crippen LogP contribution in [-0.4, -0.2) is 90.5 Å². The monoisotopic (exact) mass is 734 g/mol. The van der Waals surface area contributed by atoms with Crippen molar-refractivity contribution in [2.75, 3.05) is 38.8 Å². The molecule has 3 heterocycles. The predicted octanol–water partition coefficient (Wildman–Crippen LogP) is 5.60. The van der Waals surface area contributed by atoms with Crippen LogP contribution in [0.5, 0.6) is 11.5 Å². The Labute approximate surface area is 310 Å². The van der Waals surface area contributed by atoms with E-state index in [1.54, 1.807) is 13.2 Å². The van der Waals surface area contributed by atoms with Crippen LogP contribution in [0.4, 0.5) is 10.8 Å². The second kappa shape index (κ2) is 15.4. The number of aromatic nitrogens is 2. The fraction of sp³-hybridized carbons (Fsp3) is 0.615. The molecule has 2 aromatic heterocycles. The number of primary amides is 1. The molecule has 0 unspecified atom stereocenters. The maximum absolute atomic E-state index is 14.2. The number of benzene rings is 1. The summed E-state index contributed by atoms with van der Waals surface area (Å²) >= 11 is 0. The topological polar surface area (TPSA) is 180 Å². The number of methoxy groups -OCH3 is 1. The molecular formula is C39H54N6O8. The molecule has 4 atom stereocenters. The van der Waals surface area contributed by atoms with Gasteiger partial charge < -0.3 is 44.6 Å². The highest BCUT2D eigenvalue weighted by atomic mass is 16.5. The normalized spacial score (nSPS) is 21.2. The Morgan fingerprint density at radius 2 is 1.87 bits per heavy atom. The van der Waals surface area contributed by atoms with Crippen LogP contribution in [0.3, 0.4) is 0 Å². The second-order valence-electron chi connectivity index (χ2n) is 16.3. The Hall–Kier alpha value is -4.59. The van der Waals surface area contributed by atoms with Gasteiger partial charge in [-0.1, -0.05) is 20.8 Å². The first-order valence-electron chi connectivity index (χ1n) is 18.6. The zero-order chi connectivity index (χ0) is 38.1. The first kappa shape index (κ1) is 38.1. The molecule has 3 fully saturated rings. The highest BCUT2D eigenvalue weighted by Crippen LogP contribution is 2.59. The molecule has 3 amide bonds. The highest BCUT2D eigenvalue weighted by Gasteiger charge is 2.49. The van der Waals surface area contributed by atoms with Gasteiger partial charge in [0.1, 0.15) is 48.3 Å². The van der Waals surface area contributed by atoms with E-state index < -0.39 is 41.5 Å². The third kappa shape index (κ3) is 8.80. The van der Waals surface area contributed by atoms with Gasteiger partial charge in [-0.2, -0.15) is 4.98 Å². The zero-order valence-corrected chi connectivity index (χ0v) is 32.0. The Balaban J connectivity index is 1.23. The number of hydrogen-bond donors (Lipinski definition) is 3. The average Bonchev–Trinajstić information content (AvgIpc) is 3.39. The SMILES string of the molecule is COCCOc1ccc2c(O[C@H]3C[C@@H](C(N)=O)N(C(=O)[C@@H](NC(=O)OC[C@H]4CCC5(CC5)C4)C(C)(C)C)C3)cc(-c3coc(NC(C)C)n3)nc2c1C. The Morgan fingerprint density at radius 1 is 1.09 bits per heavy atom. The molecule has 3 aromatic rings. The van der Waals surface area contributed by atoms with Gasteiger partial charge in [-0.05, 0) is 81.8 Å². The Bertz CT molecular complexity index is 1810. The number of alkyl carbamates (subject to hydrolysis) is 1. The summed E-state index contributed by atoms with van der Waals surface area (Å²) in [6, 6.07) is 4.05. The fourth-order valence-electron chi connectivity index (χ4n) is 7.55. The third-order valence-corrected chi connectivity index (χ3v) is 10.6. The van der Waals surface area contributed by atoms with Crippen molar-refractivity contribution >= 4 is 34.8 Å². The first-order chi connectivity index (χ1) is 25.2. The Kier molecular flexibility index (Phi) is 11.1. The summed E-state index contributed by atoms with van der Waals surface area (Å²) in [6.07, 6.45) is 6.30. The van der Waals surface area contributed by atoms with Crippen molar-refractivity contribution in [3.63, 3.8) is 0 Å². The van der Waals surface area contributed by atoms with Crippen molar-refractivity contribution in [3.05, 3.63) is 30.0 Å². The van der Waals surface area contributed by atoms with Gasteiger partial charge in [-0.3, -0.25) is 9.59 Å². The van der Waals surface area contributed by atoms with Gasteiger partial charge in [0.2, 0.25) is 11.8 Å². The standard InChI is InChI=1S/C39H54N6O8/c1-22(2)41-36-43-28(21-51-36)27-17-31(26-8-9-30(50-15-14-49-7)23(3)32(26)42-27)53-25-16-29(34(40)46)45(19-25)35(47)33(38(4,5)6)44-37(48)52-20-24-10-11-39(18-24)12-13-39/h8-9,17,21-22,24-25,29,33H,10-16,18-20H2,1-7H3,(H2,40,46)(H,41,43)(H,44,48)/t24-,25-,29-,33+/m0/s1. The minimum atomic E-state index is -0.970. The van der Waals surface area contributed by atoms with E-state index in [1.807, 2.05) is 53.7 Å². The lowest BCUT2D eigenvalue weighted by molar-refractivity contribution is -0.141. The number of carbonyl (C=O) groups is 3. The van der Waals surface area contributed by atoms with Crippen molar-refractivity contribution in [1.82, 2.24) is 20.2 Å². The molecule has 4 N–H and O–H groups in total. The maximum atomic E-state index is 14.2. The van der Waals surface area contributed by atoms with Gasteiger partial charge in [-0.25, -0.2) is 9.78 Å². The smallest absolute Gasteiger partial charge is 0.407 e. The van der Waals surface area contributed by atoms with Crippen LogP contribution in [0.1, 0.15) is 78.7 Å². The quantitative estimate of drug-likeness (QED) is 0.176. The van der Waals surface area contributed by atoms with E-state index in [2.05, 4.69) is 15.6 Å². The van der Waals surface area contributed by atoms with Gasteiger partial charge in [0.05, 0.1) is 31.0 Å². The number of nitrogens with zero attached hydrogens (tertiary/aromatic N) is 3. The number of ether oxygens (including phenoxy) is 4. The number of nitrogens with one attached hydrogen (secondary N) is 2. The average molecular weight is 735 g/mol. The van der Waals surface area contributed by atoms with Crippen LogP contribution in [0, 0.1) is 23.7 Å². The number of amides is 3. The lowest BCUT2D eigenvalue weighted by atomic mass is 9.85. The molecule has 1 spiro atoms. The molecule has 6 rings (SSSR count). The predicted molar refractivity (Wildman–Crippen MR) is 199 cm³/mol. The van der Waals surface area contributed by atoms with Crippen molar-refractivity contribution < 1.29 is 37.7 Å². The molecule has 3 aliphatic rings. The molecule has 288 valence electrons. The zero-order valence-electron chi connectivity index (χ0n) is 32.0. The number of likely N-dealkylation sites (tertiary alicyclic amines) is 1. The number of carbonyl (C=O) groups excluding carboxylic acids is 3. The van der Waals surface area contributed by atoms with Crippen LogP contribution in [0.15, 0.2) is 28.9 Å². The molecule has 0 radical (unpaired) electrons. The molecule has 0 bridgehead atoms. The molecule has 53 heavy (non-hydrogen) atoms. The fourth-order valence-corrected chi connectivity index (χ4v) is 7.55. The van der Waals surface area contributed by atoms with Gasteiger partial charge in [0.15, 0.2) is 0 Å². The van der Waals surface area contributed by atoms with Crippen LogP contribution < -0.4 is 25.8 Å². The summed E-state index contributed by atoms with van der Waals surface area (Å²) in [6.45, 7) is 12.7. The number of aryl methyl sites for hydroxylation is 1. The first-order valence-corrected chi connectivity index (χ1v) is 18.6. The van der Waals surface area contributed by atoms with Crippen molar-refractivity contribution in [1.29, 1.82) is 0 Å². The summed E-state index contributed by atoms with van der Waals surface area (Å²) in [5.41, 5.74) is 8.09. The van der Waals surface area contributed by atoms with E-state index in [4.69, 9.17) is 34.1 Å². The summed E-state index contributed by atoms with van der Waals surface area (Å²) in [5, 5.41) is 6.68. The number of nitrogens with two attached hydrogens (primary N) is 1.